The molecule has 0 aliphatic carbocycles. The third-order valence-corrected chi connectivity index (χ3v) is 3.92. The zero-order valence-corrected chi connectivity index (χ0v) is 11.7. The molecule has 0 aromatic carbocycles. The van der Waals surface area contributed by atoms with E-state index in [9.17, 15) is 0 Å². The van der Waals surface area contributed by atoms with Crippen LogP contribution in [0, 0.1) is 5.92 Å². The molecule has 88 valence electrons. The van der Waals surface area contributed by atoms with Gasteiger partial charge in [-0.3, -0.25) is 0 Å². The van der Waals surface area contributed by atoms with E-state index in [4.69, 9.17) is 17.3 Å². The van der Waals surface area contributed by atoms with Crippen LogP contribution in [0.1, 0.15) is 13.8 Å². The Morgan fingerprint density at radius 1 is 1.56 bits per heavy atom. The zero-order chi connectivity index (χ0) is 11.9. The van der Waals surface area contributed by atoms with Crippen LogP contribution in [0.5, 0.6) is 0 Å². The van der Waals surface area contributed by atoms with Gasteiger partial charge in [0.1, 0.15) is 5.82 Å². The molecular weight excluding hydrogens is 289 g/mol. The molecule has 0 radical (unpaired) electrons. The van der Waals surface area contributed by atoms with E-state index >= 15 is 0 Å². The molecule has 0 unspecified atom stereocenters. The molecule has 16 heavy (non-hydrogen) atoms. The summed E-state index contributed by atoms with van der Waals surface area (Å²) in [6.07, 6.45) is 1.76. The predicted molar refractivity (Wildman–Crippen MR) is 70.9 cm³/mol. The van der Waals surface area contributed by atoms with Gasteiger partial charge >= 0.3 is 0 Å². The monoisotopic (exact) mass is 303 g/mol. The summed E-state index contributed by atoms with van der Waals surface area (Å²) in [6, 6.07) is 1.86. The van der Waals surface area contributed by atoms with Crippen molar-refractivity contribution in [3.05, 3.63) is 21.8 Å². The Labute approximate surface area is 109 Å². The van der Waals surface area contributed by atoms with Gasteiger partial charge in [0, 0.05) is 23.8 Å². The van der Waals surface area contributed by atoms with Gasteiger partial charge < -0.3 is 10.6 Å². The van der Waals surface area contributed by atoms with Crippen molar-refractivity contribution in [1.82, 2.24) is 4.98 Å². The molecule has 0 amide bonds. The van der Waals surface area contributed by atoms with Crippen LogP contribution in [0.25, 0.3) is 0 Å². The van der Waals surface area contributed by atoms with Gasteiger partial charge in [0.25, 0.3) is 0 Å². The number of rotatable bonds is 2. The van der Waals surface area contributed by atoms with Gasteiger partial charge in [-0.15, -0.1) is 0 Å². The number of hydrogen-bond acceptors (Lipinski definition) is 3. The lowest BCUT2D eigenvalue weighted by Crippen LogP contribution is -2.70. The maximum Gasteiger partial charge on any atom is 0.147 e. The van der Waals surface area contributed by atoms with Gasteiger partial charge in [-0.2, -0.15) is 0 Å². The average Bonchev–Trinajstić information content (AvgIpc) is 2.13. The van der Waals surface area contributed by atoms with E-state index in [1.165, 1.54) is 0 Å². The third-order valence-electron chi connectivity index (χ3n) is 3.21. The first-order valence-electron chi connectivity index (χ1n) is 5.27. The smallest absolute Gasteiger partial charge is 0.147 e. The molecule has 2 N–H and O–H groups in total. The van der Waals surface area contributed by atoms with Crippen molar-refractivity contribution in [1.29, 1.82) is 0 Å². The molecule has 3 nitrogen and oxygen atoms in total. The normalized spacial score (nSPS) is 18.8. The third kappa shape index (κ3) is 2.06. The largest absolute Gasteiger partial charge is 0.352 e. The van der Waals surface area contributed by atoms with E-state index in [1.54, 1.807) is 6.20 Å². The number of halogens is 2. The Kier molecular flexibility index (Phi) is 3.16. The summed E-state index contributed by atoms with van der Waals surface area (Å²) in [6.45, 7) is 5.93. The van der Waals surface area contributed by atoms with E-state index in [1.807, 2.05) is 6.07 Å². The van der Waals surface area contributed by atoms with Gasteiger partial charge in [-0.1, -0.05) is 25.4 Å². The van der Waals surface area contributed by atoms with Crippen molar-refractivity contribution in [2.75, 3.05) is 18.0 Å². The van der Waals surface area contributed by atoms with E-state index in [2.05, 4.69) is 39.7 Å². The second kappa shape index (κ2) is 4.17. The topological polar surface area (TPSA) is 42.1 Å². The number of nitrogens with zero attached hydrogens (tertiary/aromatic N) is 2. The number of aromatic nitrogens is 1. The zero-order valence-electron chi connectivity index (χ0n) is 9.37. The second-order valence-corrected chi connectivity index (χ2v) is 6.03. The minimum atomic E-state index is -0.0991. The molecule has 1 aromatic heterocycles. The van der Waals surface area contributed by atoms with Gasteiger partial charge in [-0.05, 0) is 27.9 Å². The summed E-state index contributed by atoms with van der Waals surface area (Å²) >= 11 is 9.48. The molecule has 1 aliphatic rings. The van der Waals surface area contributed by atoms with Gasteiger partial charge in [-0.25, -0.2) is 4.98 Å². The first kappa shape index (κ1) is 12.1. The Bertz CT molecular complexity index is 402. The summed E-state index contributed by atoms with van der Waals surface area (Å²) < 4.78 is 0.893. The van der Waals surface area contributed by atoms with Crippen LogP contribution in [0.2, 0.25) is 5.02 Å². The molecule has 0 spiro atoms. The summed E-state index contributed by atoms with van der Waals surface area (Å²) in [7, 11) is 0. The second-order valence-electron chi connectivity index (χ2n) is 4.70. The highest BCUT2D eigenvalue weighted by molar-refractivity contribution is 9.10. The Morgan fingerprint density at radius 3 is 2.69 bits per heavy atom. The van der Waals surface area contributed by atoms with Gasteiger partial charge in [0.2, 0.25) is 0 Å². The Morgan fingerprint density at radius 2 is 2.19 bits per heavy atom. The fraction of sp³-hybridized carbons (Fsp3) is 0.545. The van der Waals surface area contributed by atoms with Crippen LogP contribution < -0.4 is 10.6 Å². The lowest BCUT2D eigenvalue weighted by atomic mass is 9.80. The number of pyridine rings is 1. The highest BCUT2D eigenvalue weighted by Crippen LogP contribution is 2.34. The van der Waals surface area contributed by atoms with E-state index in [0.29, 0.717) is 10.9 Å². The standard InChI is InChI=1S/C11H15BrClN3/c1-7(2)11(14)5-16(6-11)10-9(13)3-8(12)4-15-10/h3-4,7H,5-6,14H2,1-2H3. The first-order valence-corrected chi connectivity index (χ1v) is 6.44. The van der Waals surface area contributed by atoms with Crippen LogP contribution in [0.4, 0.5) is 5.82 Å². The predicted octanol–water partition coefficient (Wildman–Crippen LogP) is 2.67. The summed E-state index contributed by atoms with van der Waals surface area (Å²) in [4.78, 5) is 6.44. The van der Waals surface area contributed by atoms with Crippen LogP contribution >= 0.6 is 27.5 Å². The molecule has 0 bridgehead atoms. The molecule has 0 saturated carbocycles. The van der Waals surface area contributed by atoms with Gasteiger partial charge in [0.05, 0.1) is 10.6 Å². The van der Waals surface area contributed by atoms with Crippen LogP contribution in [0.3, 0.4) is 0 Å². The van der Waals surface area contributed by atoms with Crippen LogP contribution in [-0.2, 0) is 0 Å². The minimum Gasteiger partial charge on any atom is -0.352 e. The van der Waals surface area contributed by atoms with Crippen LogP contribution in [-0.4, -0.2) is 23.6 Å². The maximum atomic E-state index is 6.23. The van der Waals surface area contributed by atoms with Crippen LogP contribution in [0.15, 0.2) is 16.7 Å². The highest BCUT2D eigenvalue weighted by Gasteiger charge is 2.43. The lowest BCUT2D eigenvalue weighted by Gasteiger charge is -2.51. The van der Waals surface area contributed by atoms with Crippen molar-refractivity contribution in [3.63, 3.8) is 0 Å². The fourth-order valence-corrected chi connectivity index (χ4v) is 2.57. The molecule has 1 aromatic rings. The molecule has 1 saturated heterocycles. The summed E-state index contributed by atoms with van der Waals surface area (Å²) in [5.74, 6) is 1.30. The molecule has 0 atom stereocenters. The van der Waals surface area contributed by atoms with Crippen molar-refractivity contribution in [2.45, 2.75) is 19.4 Å². The maximum absolute atomic E-state index is 6.23. The number of anilines is 1. The summed E-state index contributed by atoms with van der Waals surface area (Å²) in [5.41, 5.74) is 6.13. The fourth-order valence-electron chi connectivity index (χ4n) is 1.82. The molecule has 2 rings (SSSR count). The van der Waals surface area contributed by atoms with Crippen molar-refractivity contribution >= 4 is 33.3 Å². The average molecular weight is 305 g/mol. The van der Waals surface area contributed by atoms with E-state index in [0.717, 1.165) is 23.4 Å². The molecular formula is C11H15BrClN3. The van der Waals surface area contributed by atoms with Crippen molar-refractivity contribution in [3.8, 4) is 0 Å². The Hall–Kier alpha value is -0.320. The SMILES string of the molecule is CC(C)C1(N)CN(c2ncc(Br)cc2Cl)C1. The van der Waals surface area contributed by atoms with Crippen molar-refractivity contribution < 1.29 is 0 Å². The lowest BCUT2D eigenvalue weighted by molar-refractivity contribution is 0.243. The van der Waals surface area contributed by atoms with Crippen molar-refractivity contribution in [2.24, 2.45) is 11.7 Å². The molecule has 1 fully saturated rings. The Balaban J connectivity index is 2.12. The molecule has 5 heteroatoms. The highest BCUT2D eigenvalue weighted by atomic mass is 79.9. The quantitative estimate of drug-likeness (QED) is 0.913. The molecule has 1 aliphatic heterocycles. The number of hydrogen-bond donors (Lipinski definition) is 1. The number of nitrogens with two attached hydrogens (primary N) is 1. The van der Waals surface area contributed by atoms with E-state index < -0.39 is 0 Å². The minimum absolute atomic E-state index is 0.0991. The summed E-state index contributed by atoms with van der Waals surface area (Å²) in [5, 5.41) is 0.667. The van der Waals surface area contributed by atoms with E-state index in [-0.39, 0.29) is 5.54 Å². The first-order chi connectivity index (χ1) is 7.42. The molecule has 2 heterocycles. The van der Waals surface area contributed by atoms with Gasteiger partial charge in [0.15, 0.2) is 0 Å².